The summed E-state index contributed by atoms with van der Waals surface area (Å²) in [4.78, 5) is 0. The minimum absolute atomic E-state index is 0.452. The van der Waals surface area contributed by atoms with Crippen LogP contribution in [0.2, 0.25) is 0 Å². The minimum Gasteiger partial charge on any atom is -0.449 e. The molecule has 0 bridgehead atoms. The van der Waals surface area contributed by atoms with Crippen LogP contribution in [0.4, 0.5) is 5.69 Å². The lowest BCUT2D eigenvalue weighted by molar-refractivity contribution is -0.0431. The molecule has 0 radical (unpaired) electrons. The Labute approximate surface area is 125 Å². The highest BCUT2D eigenvalue weighted by Gasteiger charge is 2.31. The van der Waals surface area contributed by atoms with Crippen LogP contribution in [-0.4, -0.2) is 12.3 Å². The topological polar surface area (TPSA) is 30.5 Å². The van der Waals surface area contributed by atoms with Crippen molar-refractivity contribution in [2.75, 3.05) is 11.9 Å². The molecule has 0 saturated carbocycles. The molecule has 2 aromatic rings. The summed E-state index contributed by atoms with van der Waals surface area (Å²) in [5.74, 6) is 1.49. The predicted molar refractivity (Wildman–Crippen MR) is 85.1 cm³/mol. The number of fused-ring (bicyclic) bond motifs is 1. The van der Waals surface area contributed by atoms with Crippen molar-refractivity contribution in [3.8, 4) is 11.5 Å². The predicted octanol–water partition coefficient (Wildman–Crippen LogP) is 4.41. The van der Waals surface area contributed by atoms with Crippen LogP contribution in [0.5, 0.6) is 11.5 Å². The van der Waals surface area contributed by atoms with Gasteiger partial charge in [-0.05, 0) is 23.6 Å². The van der Waals surface area contributed by atoms with E-state index in [9.17, 15) is 0 Å². The fourth-order valence-corrected chi connectivity index (χ4v) is 2.50. The lowest BCUT2D eigenvalue weighted by atomic mass is 10.0. The molecule has 1 N–H and O–H groups in total. The van der Waals surface area contributed by atoms with Gasteiger partial charge >= 0.3 is 0 Å². The molecule has 1 unspecified atom stereocenters. The number of hydrogen-bond donors (Lipinski definition) is 1. The largest absolute Gasteiger partial charge is 0.449 e. The van der Waals surface area contributed by atoms with Crippen LogP contribution < -0.4 is 14.8 Å². The highest BCUT2D eigenvalue weighted by Crippen LogP contribution is 2.40. The first-order valence-corrected chi connectivity index (χ1v) is 7.34. The van der Waals surface area contributed by atoms with Crippen molar-refractivity contribution in [3.05, 3.63) is 54.1 Å². The monoisotopic (exact) mass is 283 g/mol. The summed E-state index contributed by atoms with van der Waals surface area (Å²) in [6.45, 7) is 6.93. The maximum absolute atomic E-state index is 5.76. The molecule has 110 valence electrons. The van der Waals surface area contributed by atoms with E-state index >= 15 is 0 Å². The van der Waals surface area contributed by atoms with Gasteiger partial charge in [-0.3, -0.25) is 0 Å². The fourth-order valence-electron chi connectivity index (χ4n) is 2.50. The molecule has 21 heavy (non-hydrogen) atoms. The van der Waals surface area contributed by atoms with E-state index in [4.69, 9.17) is 9.47 Å². The number of ether oxygens (including phenoxy) is 2. The summed E-state index contributed by atoms with van der Waals surface area (Å²) in [6, 6.07) is 16.5. The van der Waals surface area contributed by atoms with Crippen LogP contribution in [0.15, 0.2) is 48.5 Å². The van der Waals surface area contributed by atoms with E-state index in [0.717, 1.165) is 23.7 Å². The van der Waals surface area contributed by atoms with Crippen molar-refractivity contribution in [2.24, 2.45) is 0 Å². The SMILES string of the molecule is CC(CNc1ccc2c(c1)OC(C)(C)O2)c1ccccc1. The molecule has 3 heteroatoms. The standard InChI is InChI=1S/C18H21NO2/c1-13(14-7-5-4-6-8-14)12-19-15-9-10-16-17(11-15)21-18(2,3)20-16/h4-11,13,19H,12H2,1-3H3. The Balaban J connectivity index is 1.65. The highest BCUT2D eigenvalue weighted by molar-refractivity contribution is 5.56. The molecule has 0 fully saturated rings. The average molecular weight is 283 g/mol. The molecule has 2 aromatic carbocycles. The van der Waals surface area contributed by atoms with Crippen LogP contribution in [0.3, 0.4) is 0 Å². The van der Waals surface area contributed by atoms with Gasteiger partial charge in [0.1, 0.15) is 0 Å². The Kier molecular flexibility index (Phi) is 3.50. The highest BCUT2D eigenvalue weighted by atomic mass is 16.7. The Morgan fingerprint density at radius 2 is 1.71 bits per heavy atom. The van der Waals surface area contributed by atoms with Crippen LogP contribution in [0.25, 0.3) is 0 Å². The van der Waals surface area contributed by atoms with Gasteiger partial charge in [0.05, 0.1) is 0 Å². The average Bonchev–Trinajstić information content (AvgIpc) is 2.78. The third-order valence-corrected chi connectivity index (χ3v) is 3.64. The summed E-state index contributed by atoms with van der Waals surface area (Å²) in [5, 5.41) is 3.46. The summed E-state index contributed by atoms with van der Waals surface area (Å²) in [5.41, 5.74) is 2.39. The van der Waals surface area contributed by atoms with Gasteiger partial charge in [0.25, 0.3) is 0 Å². The van der Waals surface area contributed by atoms with Gasteiger partial charge < -0.3 is 14.8 Å². The molecule has 0 amide bonds. The Morgan fingerprint density at radius 3 is 2.48 bits per heavy atom. The van der Waals surface area contributed by atoms with Crippen LogP contribution in [0.1, 0.15) is 32.3 Å². The smallest absolute Gasteiger partial charge is 0.246 e. The molecule has 0 aromatic heterocycles. The number of anilines is 1. The van der Waals surface area contributed by atoms with Gasteiger partial charge in [-0.15, -0.1) is 0 Å². The first kappa shape index (κ1) is 13.8. The van der Waals surface area contributed by atoms with Gasteiger partial charge in [-0.2, -0.15) is 0 Å². The molecule has 1 atom stereocenters. The summed E-state index contributed by atoms with van der Waals surface area (Å²) in [7, 11) is 0. The van der Waals surface area contributed by atoms with Crippen molar-refractivity contribution in [2.45, 2.75) is 32.5 Å². The number of rotatable bonds is 4. The maximum Gasteiger partial charge on any atom is 0.246 e. The third kappa shape index (κ3) is 3.13. The minimum atomic E-state index is -0.571. The van der Waals surface area contributed by atoms with E-state index in [0.29, 0.717) is 5.92 Å². The second-order valence-electron chi connectivity index (χ2n) is 5.96. The van der Waals surface area contributed by atoms with Crippen LogP contribution in [0, 0.1) is 0 Å². The van der Waals surface area contributed by atoms with E-state index in [1.165, 1.54) is 5.56 Å². The summed E-state index contributed by atoms with van der Waals surface area (Å²) >= 11 is 0. The summed E-state index contributed by atoms with van der Waals surface area (Å²) in [6.07, 6.45) is 0. The second kappa shape index (κ2) is 5.32. The second-order valence-corrected chi connectivity index (χ2v) is 5.96. The van der Waals surface area contributed by atoms with Crippen molar-refractivity contribution in [3.63, 3.8) is 0 Å². The van der Waals surface area contributed by atoms with Crippen molar-refractivity contribution < 1.29 is 9.47 Å². The molecular formula is C18H21NO2. The maximum atomic E-state index is 5.76. The zero-order valence-electron chi connectivity index (χ0n) is 12.7. The van der Waals surface area contributed by atoms with E-state index in [1.807, 2.05) is 38.1 Å². The normalized spacial score (nSPS) is 16.5. The van der Waals surface area contributed by atoms with E-state index < -0.39 is 5.79 Å². The lowest BCUT2D eigenvalue weighted by Crippen LogP contribution is -2.29. The summed E-state index contributed by atoms with van der Waals surface area (Å²) < 4.78 is 11.5. The first-order chi connectivity index (χ1) is 10.0. The molecule has 0 spiro atoms. The molecule has 3 rings (SSSR count). The first-order valence-electron chi connectivity index (χ1n) is 7.34. The van der Waals surface area contributed by atoms with Crippen LogP contribution in [-0.2, 0) is 0 Å². The number of benzene rings is 2. The van der Waals surface area contributed by atoms with Gasteiger partial charge in [0.2, 0.25) is 5.79 Å². The van der Waals surface area contributed by atoms with Crippen molar-refractivity contribution in [1.82, 2.24) is 0 Å². The van der Waals surface area contributed by atoms with Crippen LogP contribution >= 0.6 is 0 Å². The Hall–Kier alpha value is -2.16. The quantitative estimate of drug-likeness (QED) is 0.901. The van der Waals surface area contributed by atoms with Crippen molar-refractivity contribution in [1.29, 1.82) is 0 Å². The molecule has 1 aliphatic heterocycles. The zero-order chi connectivity index (χ0) is 14.9. The molecule has 3 nitrogen and oxygen atoms in total. The van der Waals surface area contributed by atoms with Gasteiger partial charge in [0.15, 0.2) is 11.5 Å². The molecule has 0 saturated heterocycles. The van der Waals surface area contributed by atoms with E-state index in [1.54, 1.807) is 0 Å². The number of hydrogen-bond acceptors (Lipinski definition) is 3. The molecule has 1 heterocycles. The molecular weight excluding hydrogens is 262 g/mol. The number of nitrogens with one attached hydrogen (secondary N) is 1. The Bertz CT molecular complexity index is 622. The van der Waals surface area contributed by atoms with E-state index in [2.05, 4.69) is 36.5 Å². The third-order valence-electron chi connectivity index (χ3n) is 3.64. The van der Waals surface area contributed by atoms with Gasteiger partial charge in [-0.1, -0.05) is 37.3 Å². The molecule has 1 aliphatic rings. The van der Waals surface area contributed by atoms with Gasteiger partial charge in [-0.25, -0.2) is 0 Å². The fraction of sp³-hybridized carbons (Fsp3) is 0.333. The zero-order valence-corrected chi connectivity index (χ0v) is 12.7. The van der Waals surface area contributed by atoms with Gasteiger partial charge in [0, 0.05) is 32.1 Å². The van der Waals surface area contributed by atoms with E-state index in [-0.39, 0.29) is 0 Å². The lowest BCUT2D eigenvalue weighted by Gasteiger charge is -2.16. The molecule has 0 aliphatic carbocycles. The van der Waals surface area contributed by atoms with Crippen molar-refractivity contribution >= 4 is 5.69 Å². The Morgan fingerprint density at radius 1 is 1.00 bits per heavy atom.